The molecule has 2 N–H and O–H groups in total. The Bertz CT molecular complexity index is 1060. The molecule has 1 aromatic heterocycles. The zero-order chi connectivity index (χ0) is 24.9. The van der Waals surface area contributed by atoms with Crippen LogP contribution in [-0.2, 0) is 19.1 Å². The minimum atomic E-state index is -1.19. The Balaban J connectivity index is 1.35. The maximum absolute atomic E-state index is 14.2. The van der Waals surface area contributed by atoms with Gasteiger partial charge in [0.15, 0.2) is 0 Å². The summed E-state index contributed by atoms with van der Waals surface area (Å²) in [6.45, 7) is 1.87. The van der Waals surface area contributed by atoms with E-state index in [4.69, 9.17) is 4.74 Å². The first-order chi connectivity index (χ1) is 17.4. The summed E-state index contributed by atoms with van der Waals surface area (Å²) in [7, 11) is 0. The summed E-state index contributed by atoms with van der Waals surface area (Å²) >= 11 is 0. The number of aromatic nitrogens is 1. The van der Waals surface area contributed by atoms with E-state index in [0.29, 0.717) is 5.69 Å². The van der Waals surface area contributed by atoms with Crippen LogP contribution in [0.5, 0.6) is 0 Å². The predicted molar refractivity (Wildman–Crippen MR) is 134 cm³/mol. The van der Waals surface area contributed by atoms with Crippen LogP contribution in [0.25, 0.3) is 0 Å². The molecule has 4 fully saturated rings. The zero-order valence-corrected chi connectivity index (χ0v) is 20.9. The lowest BCUT2D eigenvalue weighted by Gasteiger charge is -2.34. The number of ether oxygens (including phenoxy) is 1. The number of rotatable bonds is 5. The van der Waals surface area contributed by atoms with E-state index in [1.807, 2.05) is 19.1 Å². The van der Waals surface area contributed by atoms with Crippen molar-refractivity contribution in [3.8, 4) is 0 Å². The van der Waals surface area contributed by atoms with E-state index in [0.717, 1.165) is 51.4 Å². The van der Waals surface area contributed by atoms with Crippen LogP contribution in [0.4, 0.5) is 5.69 Å². The molecular formula is C28H36N4O4. The predicted octanol–water partition coefficient (Wildman–Crippen LogP) is 3.02. The molecule has 2 bridgehead atoms. The van der Waals surface area contributed by atoms with Gasteiger partial charge in [-0.25, -0.2) is 0 Å². The molecule has 2 aliphatic carbocycles. The molecule has 8 nitrogen and oxygen atoms in total. The fourth-order valence-electron chi connectivity index (χ4n) is 7.37. The highest BCUT2D eigenvalue weighted by molar-refractivity contribution is 6.10. The van der Waals surface area contributed by atoms with E-state index >= 15 is 0 Å². The highest BCUT2D eigenvalue weighted by Gasteiger charge is 2.76. The third kappa shape index (κ3) is 3.67. The molecule has 192 valence electrons. The summed E-state index contributed by atoms with van der Waals surface area (Å²) < 4.78 is 6.62. The van der Waals surface area contributed by atoms with Crippen LogP contribution < -0.4 is 15.5 Å². The Kier molecular flexibility index (Phi) is 5.90. The average Bonchev–Trinajstić information content (AvgIpc) is 3.46. The lowest BCUT2D eigenvalue weighted by atomic mass is 9.70. The summed E-state index contributed by atoms with van der Waals surface area (Å²) in [6.07, 6.45) is 17.6. The SMILES string of the molecule is C[C@@]12C=C[C@]3(O1)[C@H](C(=O)N(c1cccnc1)[C@@H]3C(=O)NC1CCCCC1)[C@@H]2C(=O)NC1CCCCC1. The fraction of sp³-hybridized carbons (Fsp3) is 0.643. The van der Waals surface area contributed by atoms with Crippen molar-refractivity contribution in [2.75, 3.05) is 4.90 Å². The largest absolute Gasteiger partial charge is 0.356 e. The van der Waals surface area contributed by atoms with Gasteiger partial charge in [0.25, 0.3) is 0 Å². The summed E-state index contributed by atoms with van der Waals surface area (Å²) in [5, 5.41) is 6.45. The van der Waals surface area contributed by atoms with Gasteiger partial charge in [-0.15, -0.1) is 0 Å². The number of pyridine rings is 1. The normalized spacial score (nSPS) is 36.2. The van der Waals surface area contributed by atoms with Crippen molar-refractivity contribution in [2.45, 2.75) is 100 Å². The molecule has 5 aliphatic rings. The van der Waals surface area contributed by atoms with Crippen molar-refractivity contribution >= 4 is 23.4 Å². The van der Waals surface area contributed by atoms with E-state index in [-0.39, 0.29) is 29.8 Å². The zero-order valence-electron chi connectivity index (χ0n) is 20.9. The number of amides is 3. The van der Waals surface area contributed by atoms with Crippen LogP contribution in [-0.4, -0.2) is 52.0 Å². The van der Waals surface area contributed by atoms with Gasteiger partial charge in [0.1, 0.15) is 11.6 Å². The summed E-state index contributed by atoms with van der Waals surface area (Å²) in [5.41, 5.74) is -1.56. The van der Waals surface area contributed by atoms with E-state index in [9.17, 15) is 14.4 Å². The van der Waals surface area contributed by atoms with Crippen LogP contribution >= 0.6 is 0 Å². The van der Waals surface area contributed by atoms with Crippen LogP contribution in [0, 0.1) is 11.8 Å². The molecule has 2 saturated carbocycles. The Morgan fingerprint density at radius 2 is 1.61 bits per heavy atom. The van der Waals surface area contributed by atoms with Crippen molar-refractivity contribution < 1.29 is 19.1 Å². The minimum Gasteiger partial charge on any atom is -0.356 e. The first-order valence-electron chi connectivity index (χ1n) is 13.7. The second kappa shape index (κ2) is 8.98. The summed E-state index contributed by atoms with van der Waals surface area (Å²) in [4.78, 5) is 47.5. The maximum Gasteiger partial charge on any atom is 0.246 e. The van der Waals surface area contributed by atoms with Crippen molar-refractivity contribution in [3.05, 3.63) is 36.7 Å². The van der Waals surface area contributed by atoms with Gasteiger partial charge in [0.05, 0.1) is 29.3 Å². The van der Waals surface area contributed by atoms with Crippen LogP contribution in [0.15, 0.2) is 36.7 Å². The van der Waals surface area contributed by atoms with Crippen molar-refractivity contribution in [2.24, 2.45) is 11.8 Å². The molecule has 36 heavy (non-hydrogen) atoms. The van der Waals surface area contributed by atoms with Crippen LogP contribution in [0.2, 0.25) is 0 Å². The highest BCUT2D eigenvalue weighted by Crippen LogP contribution is 2.60. The van der Waals surface area contributed by atoms with Crippen molar-refractivity contribution in [1.82, 2.24) is 15.6 Å². The quantitative estimate of drug-likeness (QED) is 0.616. The fourth-order valence-corrected chi connectivity index (χ4v) is 7.37. The Morgan fingerprint density at radius 1 is 0.972 bits per heavy atom. The standard InChI is InChI=1S/C28H36N4O4/c1-27-14-15-28(36-27)22(21(27)24(33)30-18-9-4-2-5-10-18)26(35)32(20-13-8-16-29-17-20)23(28)25(34)31-19-11-6-3-7-12-19/h8,13-19,21-23H,2-7,9-12H2,1H3,(H,30,33)(H,31,34)/t21-,22+,23-,27+,28+/m1/s1. The van der Waals surface area contributed by atoms with Gasteiger partial charge in [0.2, 0.25) is 17.7 Å². The number of nitrogens with one attached hydrogen (secondary N) is 2. The van der Waals surface area contributed by atoms with Gasteiger partial charge in [0, 0.05) is 18.3 Å². The lowest BCUT2D eigenvalue weighted by Crippen LogP contribution is -2.57. The molecule has 3 amide bonds. The topological polar surface area (TPSA) is 101 Å². The number of carbonyl (C=O) groups is 3. The molecule has 3 aliphatic heterocycles. The molecule has 6 rings (SSSR count). The van der Waals surface area contributed by atoms with E-state index in [2.05, 4.69) is 15.6 Å². The van der Waals surface area contributed by atoms with Gasteiger partial charge in [-0.2, -0.15) is 0 Å². The van der Waals surface area contributed by atoms with E-state index in [1.54, 1.807) is 24.5 Å². The van der Waals surface area contributed by atoms with Gasteiger partial charge in [-0.05, 0) is 44.7 Å². The van der Waals surface area contributed by atoms with Gasteiger partial charge in [-0.3, -0.25) is 24.3 Å². The van der Waals surface area contributed by atoms with Crippen molar-refractivity contribution in [3.63, 3.8) is 0 Å². The number of hydrogen-bond donors (Lipinski definition) is 2. The van der Waals surface area contributed by atoms with Gasteiger partial charge >= 0.3 is 0 Å². The second-order valence-electron chi connectivity index (χ2n) is 11.4. The van der Waals surface area contributed by atoms with E-state index < -0.39 is 29.1 Å². The number of hydrogen-bond acceptors (Lipinski definition) is 5. The highest BCUT2D eigenvalue weighted by atomic mass is 16.5. The minimum absolute atomic E-state index is 0.0936. The first kappa shape index (κ1) is 23.6. The first-order valence-corrected chi connectivity index (χ1v) is 13.7. The molecular weight excluding hydrogens is 456 g/mol. The molecule has 0 aromatic carbocycles. The molecule has 1 aromatic rings. The Hall–Kier alpha value is -2.74. The summed E-state index contributed by atoms with van der Waals surface area (Å²) in [6, 6.07) is 2.87. The molecule has 5 atom stereocenters. The molecule has 4 heterocycles. The number of carbonyl (C=O) groups excluding carboxylic acids is 3. The van der Waals surface area contributed by atoms with Crippen LogP contribution in [0.3, 0.4) is 0 Å². The third-order valence-electron chi connectivity index (χ3n) is 9.06. The average molecular weight is 493 g/mol. The smallest absolute Gasteiger partial charge is 0.246 e. The molecule has 0 radical (unpaired) electrons. The summed E-state index contributed by atoms with van der Waals surface area (Å²) in [5.74, 6) is -2.07. The maximum atomic E-state index is 14.2. The van der Waals surface area contributed by atoms with Gasteiger partial charge < -0.3 is 15.4 Å². The molecule has 8 heteroatoms. The number of anilines is 1. The Labute approximate surface area is 212 Å². The molecule has 1 spiro atoms. The number of nitrogens with zero attached hydrogens (tertiary/aromatic N) is 2. The van der Waals surface area contributed by atoms with Gasteiger partial charge in [-0.1, -0.05) is 50.7 Å². The molecule has 2 saturated heterocycles. The van der Waals surface area contributed by atoms with E-state index in [1.165, 1.54) is 17.7 Å². The second-order valence-corrected chi connectivity index (χ2v) is 11.4. The number of fused-ring (bicyclic) bond motifs is 1. The monoisotopic (exact) mass is 492 g/mol. The third-order valence-corrected chi connectivity index (χ3v) is 9.06. The van der Waals surface area contributed by atoms with Crippen molar-refractivity contribution in [1.29, 1.82) is 0 Å². The lowest BCUT2D eigenvalue weighted by molar-refractivity contribution is -0.135. The molecule has 0 unspecified atom stereocenters. The van der Waals surface area contributed by atoms with Crippen LogP contribution in [0.1, 0.15) is 71.1 Å². The Morgan fingerprint density at radius 3 is 2.22 bits per heavy atom.